The van der Waals surface area contributed by atoms with Crippen LogP contribution in [0.5, 0.6) is 0 Å². The van der Waals surface area contributed by atoms with Crippen molar-refractivity contribution in [3.63, 3.8) is 0 Å². The molecule has 0 fully saturated rings. The lowest BCUT2D eigenvalue weighted by atomic mass is 9.87. The van der Waals surface area contributed by atoms with Crippen LogP contribution in [-0.4, -0.2) is 12.3 Å². The standard InChI is InChI=1S/C34H34P2/c1-34(26-29-16-14-15-17-29,27-35(30-18-6-2-7-19-30)31-20-8-3-9-21-31)28-36(32-22-10-4-11-23-32)33-24-12-5-13-25-33/h2-16,18-25H,17,26-28H2,1H3. The molecule has 0 spiro atoms. The fourth-order valence-corrected chi connectivity index (χ4v) is 10.8. The molecule has 0 saturated carbocycles. The van der Waals surface area contributed by atoms with Crippen molar-refractivity contribution in [1.29, 1.82) is 0 Å². The van der Waals surface area contributed by atoms with Crippen LogP contribution in [0.4, 0.5) is 0 Å². The van der Waals surface area contributed by atoms with Crippen molar-refractivity contribution in [2.75, 3.05) is 12.3 Å². The van der Waals surface area contributed by atoms with Gasteiger partial charge in [-0.25, -0.2) is 0 Å². The average molecular weight is 505 g/mol. The van der Waals surface area contributed by atoms with Crippen LogP contribution in [0, 0.1) is 5.41 Å². The van der Waals surface area contributed by atoms with E-state index in [1.807, 2.05) is 0 Å². The molecule has 0 nitrogen and oxygen atoms in total. The smallest absolute Gasteiger partial charge is 0.0132 e. The fraction of sp³-hybridized carbons (Fsp3) is 0.176. The van der Waals surface area contributed by atoms with E-state index < -0.39 is 15.8 Å². The molecule has 0 amide bonds. The van der Waals surface area contributed by atoms with Crippen LogP contribution in [-0.2, 0) is 0 Å². The molecule has 4 aromatic carbocycles. The third-order valence-electron chi connectivity index (χ3n) is 6.85. The summed E-state index contributed by atoms with van der Waals surface area (Å²) in [7, 11) is -0.929. The minimum atomic E-state index is -0.465. The summed E-state index contributed by atoms with van der Waals surface area (Å²) >= 11 is 0. The van der Waals surface area contributed by atoms with Crippen molar-refractivity contribution < 1.29 is 0 Å². The van der Waals surface area contributed by atoms with E-state index in [-0.39, 0.29) is 5.41 Å². The number of benzene rings is 4. The molecule has 0 N–H and O–H groups in total. The maximum atomic E-state index is 2.56. The van der Waals surface area contributed by atoms with Gasteiger partial charge in [0.05, 0.1) is 0 Å². The Balaban J connectivity index is 1.55. The number of allylic oxidation sites excluding steroid dienone is 4. The highest BCUT2D eigenvalue weighted by molar-refractivity contribution is 7.74. The zero-order valence-corrected chi connectivity index (χ0v) is 22.8. The summed E-state index contributed by atoms with van der Waals surface area (Å²) < 4.78 is 0. The molecular formula is C34H34P2. The molecule has 2 heteroatoms. The summed E-state index contributed by atoms with van der Waals surface area (Å²) in [4.78, 5) is 0. The second kappa shape index (κ2) is 12.0. The van der Waals surface area contributed by atoms with Gasteiger partial charge in [-0.05, 0) is 67.6 Å². The Labute approximate surface area is 219 Å². The monoisotopic (exact) mass is 504 g/mol. The highest BCUT2D eigenvalue weighted by Gasteiger charge is 2.34. The summed E-state index contributed by atoms with van der Waals surface area (Å²) in [5, 5.41) is 5.92. The quantitative estimate of drug-likeness (QED) is 0.196. The van der Waals surface area contributed by atoms with E-state index in [1.165, 1.54) is 33.5 Å². The molecular weight excluding hydrogens is 470 g/mol. The van der Waals surface area contributed by atoms with Gasteiger partial charge in [0.15, 0.2) is 0 Å². The van der Waals surface area contributed by atoms with Crippen molar-refractivity contribution >= 4 is 37.1 Å². The second-order valence-electron chi connectivity index (χ2n) is 9.96. The highest BCUT2D eigenvalue weighted by Crippen LogP contribution is 2.50. The molecule has 0 saturated heterocycles. The van der Waals surface area contributed by atoms with Gasteiger partial charge in [0.25, 0.3) is 0 Å². The van der Waals surface area contributed by atoms with Gasteiger partial charge in [0, 0.05) is 0 Å². The van der Waals surface area contributed by atoms with E-state index in [2.05, 4.69) is 146 Å². The molecule has 0 aromatic heterocycles. The van der Waals surface area contributed by atoms with Gasteiger partial charge in [0.1, 0.15) is 0 Å². The molecule has 1 aliphatic carbocycles. The zero-order chi connectivity index (χ0) is 24.6. The van der Waals surface area contributed by atoms with E-state index in [0.29, 0.717) is 0 Å². The number of hydrogen-bond acceptors (Lipinski definition) is 0. The zero-order valence-electron chi connectivity index (χ0n) is 21.0. The van der Waals surface area contributed by atoms with Gasteiger partial charge in [0.2, 0.25) is 0 Å². The van der Waals surface area contributed by atoms with Gasteiger partial charge in [-0.3, -0.25) is 0 Å². The van der Waals surface area contributed by atoms with Crippen LogP contribution >= 0.6 is 15.8 Å². The Morgan fingerprint density at radius 1 is 0.556 bits per heavy atom. The van der Waals surface area contributed by atoms with E-state index in [0.717, 1.165) is 12.8 Å². The molecule has 0 atom stereocenters. The molecule has 1 aliphatic rings. The Morgan fingerprint density at radius 2 is 0.917 bits per heavy atom. The minimum Gasteiger partial charge on any atom is -0.0805 e. The third-order valence-corrected chi connectivity index (χ3v) is 12.7. The lowest BCUT2D eigenvalue weighted by Crippen LogP contribution is -2.32. The molecule has 0 bridgehead atoms. The first kappa shape index (κ1) is 24.9. The van der Waals surface area contributed by atoms with Crippen LogP contribution in [0.15, 0.2) is 145 Å². The fourth-order valence-electron chi connectivity index (χ4n) is 5.19. The first-order chi connectivity index (χ1) is 17.7. The van der Waals surface area contributed by atoms with E-state index in [9.17, 15) is 0 Å². The first-order valence-electron chi connectivity index (χ1n) is 12.8. The molecule has 0 radical (unpaired) electrons. The largest absolute Gasteiger partial charge is 0.0805 e. The lowest BCUT2D eigenvalue weighted by Gasteiger charge is -2.38. The minimum absolute atomic E-state index is 0.173. The maximum Gasteiger partial charge on any atom is -0.0132 e. The molecule has 5 rings (SSSR count). The van der Waals surface area contributed by atoms with Gasteiger partial charge in [-0.15, -0.1) is 0 Å². The summed E-state index contributed by atoms with van der Waals surface area (Å²) in [5.74, 6) is 0. The topological polar surface area (TPSA) is 0 Å². The van der Waals surface area contributed by atoms with Crippen molar-refractivity contribution in [1.82, 2.24) is 0 Å². The van der Waals surface area contributed by atoms with E-state index >= 15 is 0 Å². The van der Waals surface area contributed by atoms with Crippen LogP contribution in [0.1, 0.15) is 19.8 Å². The van der Waals surface area contributed by atoms with Gasteiger partial charge >= 0.3 is 0 Å². The van der Waals surface area contributed by atoms with Gasteiger partial charge < -0.3 is 0 Å². The molecule has 4 aromatic rings. The molecule has 0 aliphatic heterocycles. The van der Waals surface area contributed by atoms with Crippen molar-refractivity contribution in [2.24, 2.45) is 5.41 Å². The lowest BCUT2D eigenvalue weighted by molar-refractivity contribution is 0.424. The molecule has 180 valence electrons. The number of rotatable bonds is 10. The predicted octanol–water partition coefficient (Wildman–Crippen LogP) is 7.53. The Hall–Kier alpha value is -2.78. The molecule has 36 heavy (non-hydrogen) atoms. The SMILES string of the molecule is CC(CC1=CC=CC1)(CP(c1ccccc1)c1ccccc1)CP(c1ccccc1)c1ccccc1. The van der Waals surface area contributed by atoms with Crippen LogP contribution in [0.25, 0.3) is 0 Å². The first-order valence-corrected chi connectivity index (χ1v) is 15.9. The highest BCUT2D eigenvalue weighted by atomic mass is 31.1. The number of hydrogen-bond donors (Lipinski definition) is 0. The van der Waals surface area contributed by atoms with Crippen molar-refractivity contribution in [3.05, 3.63) is 145 Å². The summed E-state index contributed by atoms with van der Waals surface area (Å²) in [6.07, 6.45) is 11.5. The molecule has 0 heterocycles. The Morgan fingerprint density at radius 3 is 1.22 bits per heavy atom. The maximum absolute atomic E-state index is 2.56. The van der Waals surface area contributed by atoms with Crippen LogP contribution in [0.3, 0.4) is 0 Å². The van der Waals surface area contributed by atoms with E-state index in [1.54, 1.807) is 5.57 Å². The third kappa shape index (κ3) is 6.31. The van der Waals surface area contributed by atoms with Crippen molar-refractivity contribution in [2.45, 2.75) is 19.8 Å². The van der Waals surface area contributed by atoms with Gasteiger partial charge in [-0.1, -0.05) is 152 Å². The normalized spacial score (nSPS) is 13.4. The summed E-state index contributed by atoms with van der Waals surface area (Å²) in [6, 6.07) is 44.9. The van der Waals surface area contributed by atoms with Crippen LogP contribution < -0.4 is 21.2 Å². The van der Waals surface area contributed by atoms with Gasteiger partial charge in [-0.2, -0.15) is 0 Å². The van der Waals surface area contributed by atoms with Crippen LogP contribution in [0.2, 0.25) is 0 Å². The molecule has 0 unspecified atom stereocenters. The van der Waals surface area contributed by atoms with E-state index in [4.69, 9.17) is 0 Å². The summed E-state index contributed by atoms with van der Waals surface area (Å²) in [6.45, 7) is 2.56. The summed E-state index contributed by atoms with van der Waals surface area (Å²) in [5.41, 5.74) is 1.75. The predicted molar refractivity (Wildman–Crippen MR) is 162 cm³/mol. The second-order valence-corrected chi connectivity index (χ2v) is 14.4. The Bertz CT molecular complexity index is 1110. The average Bonchev–Trinajstić information content (AvgIpc) is 3.45. The Kier molecular flexibility index (Phi) is 8.28. The van der Waals surface area contributed by atoms with Crippen molar-refractivity contribution in [3.8, 4) is 0 Å².